The van der Waals surface area contributed by atoms with E-state index < -0.39 is 0 Å². The number of hydrogen-bond donors (Lipinski definition) is 2. The third-order valence-corrected chi connectivity index (χ3v) is 2.76. The molecule has 1 aliphatic rings. The summed E-state index contributed by atoms with van der Waals surface area (Å²) in [4.78, 5) is 11.7. The smallest absolute Gasteiger partial charge is 0.223 e. The first-order valence-corrected chi connectivity index (χ1v) is 5.76. The Bertz CT molecular complexity index is 226. The van der Waals surface area contributed by atoms with Gasteiger partial charge in [0, 0.05) is 18.9 Å². The first kappa shape index (κ1) is 12.1. The second-order valence-electron chi connectivity index (χ2n) is 3.98. The average Bonchev–Trinajstić information content (AvgIpc) is 2.30. The van der Waals surface area contributed by atoms with Crippen LogP contribution in [0.5, 0.6) is 0 Å². The van der Waals surface area contributed by atoms with Crippen LogP contribution in [0.15, 0.2) is 0 Å². The molecule has 0 radical (unpaired) electrons. The van der Waals surface area contributed by atoms with Gasteiger partial charge in [0.2, 0.25) is 5.91 Å². The van der Waals surface area contributed by atoms with Gasteiger partial charge < -0.3 is 10.6 Å². The zero-order chi connectivity index (χ0) is 10.9. The first-order chi connectivity index (χ1) is 7.34. The van der Waals surface area contributed by atoms with Crippen molar-refractivity contribution in [3.8, 4) is 12.3 Å². The fraction of sp³-hybridized carbons (Fsp3) is 0.750. The molecule has 3 nitrogen and oxygen atoms in total. The molecule has 1 heterocycles. The first-order valence-electron chi connectivity index (χ1n) is 5.76. The SMILES string of the molecule is C#CCCCCNC(=O)C1CCNCC1. The van der Waals surface area contributed by atoms with Crippen LogP contribution in [0.25, 0.3) is 0 Å². The van der Waals surface area contributed by atoms with Crippen LogP contribution in [-0.2, 0) is 4.79 Å². The molecule has 84 valence electrons. The Balaban J connectivity index is 2.05. The molecule has 15 heavy (non-hydrogen) atoms. The molecule has 1 saturated heterocycles. The second-order valence-corrected chi connectivity index (χ2v) is 3.98. The predicted octanol–water partition coefficient (Wildman–Crippen LogP) is 0.906. The van der Waals surface area contributed by atoms with Gasteiger partial charge >= 0.3 is 0 Å². The highest BCUT2D eigenvalue weighted by atomic mass is 16.1. The normalized spacial score (nSPS) is 17.0. The molecule has 3 heteroatoms. The molecule has 2 N–H and O–H groups in total. The molecular weight excluding hydrogens is 188 g/mol. The number of rotatable bonds is 5. The summed E-state index contributed by atoms with van der Waals surface area (Å²) in [6, 6.07) is 0. The van der Waals surface area contributed by atoms with E-state index in [4.69, 9.17) is 6.42 Å². The number of unbranched alkanes of at least 4 members (excludes halogenated alkanes) is 2. The number of terminal acetylenes is 1. The van der Waals surface area contributed by atoms with Crippen molar-refractivity contribution in [3.63, 3.8) is 0 Å². The van der Waals surface area contributed by atoms with Gasteiger partial charge in [0.05, 0.1) is 0 Å². The Morgan fingerprint density at radius 3 is 2.80 bits per heavy atom. The van der Waals surface area contributed by atoms with Crippen molar-refractivity contribution in [1.82, 2.24) is 10.6 Å². The van der Waals surface area contributed by atoms with Gasteiger partial charge in [0.1, 0.15) is 0 Å². The van der Waals surface area contributed by atoms with Crippen molar-refractivity contribution in [3.05, 3.63) is 0 Å². The van der Waals surface area contributed by atoms with Crippen LogP contribution in [-0.4, -0.2) is 25.5 Å². The molecule has 1 rings (SSSR count). The number of hydrogen-bond acceptors (Lipinski definition) is 2. The van der Waals surface area contributed by atoms with Crippen LogP contribution in [0, 0.1) is 18.3 Å². The highest BCUT2D eigenvalue weighted by Gasteiger charge is 2.19. The molecule has 1 aliphatic heterocycles. The second kappa shape index (κ2) is 7.30. The molecule has 0 aromatic carbocycles. The molecule has 1 fully saturated rings. The highest BCUT2D eigenvalue weighted by molar-refractivity contribution is 5.78. The minimum Gasteiger partial charge on any atom is -0.356 e. The van der Waals surface area contributed by atoms with Crippen molar-refractivity contribution in [2.24, 2.45) is 5.92 Å². The van der Waals surface area contributed by atoms with Crippen LogP contribution in [0.1, 0.15) is 32.1 Å². The number of amides is 1. The number of piperidine rings is 1. The van der Waals surface area contributed by atoms with Crippen molar-refractivity contribution in [2.45, 2.75) is 32.1 Å². The van der Waals surface area contributed by atoms with Crippen molar-refractivity contribution < 1.29 is 4.79 Å². The maximum atomic E-state index is 11.7. The van der Waals surface area contributed by atoms with E-state index in [1.54, 1.807) is 0 Å². The topological polar surface area (TPSA) is 41.1 Å². The lowest BCUT2D eigenvalue weighted by molar-refractivity contribution is -0.125. The Kier molecular flexibility index (Phi) is 5.87. The fourth-order valence-corrected chi connectivity index (χ4v) is 1.79. The van der Waals surface area contributed by atoms with Crippen molar-refractivity contribution in [2.75, 3.05) is 19.6 Å². The lowest BCUT2D eigenvalue weighted by Gasteiger charge is -2.21. The Hall–Kier alpha value is -1.01. The molecule has 0 aromatic rings. The molecule has 0 unspecified atom stereocenters. The molecular formula is C12H20N2O. The molecule has 0 saturated carbocycles. The largest absolute Gasteiger partial charge is 0.356 e. The Labute approximate surface area is 92.0 Å². The minimum atomic E-state index is 0.220. The van der Waals surface area contributed by atoms with E-state index in [2.05, 4.69) is 16.6 Å². The van der Waals surface area contributed by atoms with Gasteiger partial charge in [-0.1, -0.05) is 0 Å². The maximum absolute atomic E-state index is 11.7. The number of carbonyl (C=O) groups is 1. The molecule has 1 amide bonds. The lowest BCUT2D eigenvalue weighted by atomic mass is 9.97. The van der Waals surface area contributed by atoms with Gasteiger partial charge in [-0.2, -0.15) is 0 Å². The van der Waals surface area contributed by atoms with Gasteiger partial charge in [-0.3, -0.25) is 4.79 Å². The summed E-state index contributed by atoms with van der Waals surface area (Å²) >= 11 is 0. The minimum absolute atomic E-state index is 0.220. The molecule has 0 atom stereocenters. The van der Waals surface area contributed by atoms with Gasteiger partial charge in [0.25, 0.3) is 0 Å². The summed E-state index contributed by atoms with van der Waals surface area (Å²) in [5.74, 6) is 3.04. The molecule has 0 bridgehead atoms. The van der Waals surface area contributed by atoms with E-state index in [1.807, 2.05) is 0 Å². The monoisotopic (exact) mass is 208 g/mol. The molecule has 0 spiro atoms. The van der Waals surface area contributed by atoms with E-state index in [1.165, 1.54) is 0 Å². The van der Waals surface area contributed by atoms with Crippen LogP contribution in [0.4, 0.5) is 0 Å². The zero-order valence-electron chi connectivity index (χ0n) is 9.22. The van der Waals surface area contributed by atoms with E-state index in [-0.39, 0.29) is 11.8 Å². The maximum Gasteiger partial charge on any atom is 0.223 e. The molecule has 0 aliphatic carbocycles. The number of carbonyl (C=O) groups excluding carboxylic acids is 1. The number of nitrogens with one attached hydrogen (secondary N) is 2. The fourth-order valence-electron chi connectivity index (χ4n) is 1.79. The van der Waals surface area contributed by atoms with Gasteiger partial charge in [-0.05, 0) is 38.8 Å². The van der Waals surface area contributed by atoms with Crippen LogP contribution >= 0.6 is 0 Å². The van der Waals surface area contributed by atoms with E-state index >= 15 is 0 Å². The summed E-state index contributed by atoms with van der Waals surface area (Å²) in [6.45, 7) is 2.70. The summed E-state index contributed by atoms with van der Waals surface area (Å²) in [7, 11) is 0. The summed E-state index contributed by atoms with van der Waals surface area (Å²) in [5, 5.41) is 6.23. The standard InChI is InChI=1S/C12H20N2O/c1-2-3-4-5-8-14-12(15)11-6-9-13-10-7-11/h1,11,13H,3-10H2,(H,14,15). The summed E-state index contributed by atoms with van der Waals surface area (Å²) in [6.07, 6.45) is 9.88. The van der Waals surface area contributed by atoms with Gasteiger partial charge in [0.15, 0.2) is 0 Å². The van der Waals surface area contributed by atoms with Crippen LogP contribution < -0.4 is 10.6 Å². The van der Waals surface area contributed by atoms with Crippen LogP contribution in [0.3, 0.4) is 0 Å². The third kappa shape index (κ3) is 4.85. The van der Waals surface area contributed by atoms with E-state index in [0.29, 0.717) is 0 Å². The van der Waals surface area contributed by atoms with Crippen molar-refractivity contribution in [1.29, 1.82) is 0 Å². The van der Waals surface area contributed by atoms with E-state index in [0.717, 1.165) is 51.7 Å². The van der Waals surface area contributed by atoms with E-state index in [9.17, 15) is 4.79 Å². The molecule has 0 aromatic heterocycles. The highest BCUT2D eigenvalue weighted by Crippen LogP contribution is 2.11. The van der Waals surface area contributed by atoms with Crippen molar-refractivity contribution >= 4 is 5.91 Å². The average molecular weight is 208 g/mol. The summed E-state index contributed by atoms with van der Waals surface area (Å²) < 4.78 is 0. The lowest BCUT2D eigenvalue weighted by Crippen LogP contribution is -2.38. The van der Waals surface area contributed by atoms with Gasteiger partial charge in [-0.15, -0.1) is 12.3 Å². The third-order valence-electron chi connectivity index (χ3n) is 2.76. The Morgan fingerprint density at radius 2 is 2.13 bits per heavy atom. The summed E-state index contributed by atoms with van der Waals surface area (Å²) in [5.41, 5.74) is 0. The van der Waals surface area contributed by atoms with Crippen LogP contribution in [0.2, 0.25) is 0 Å². The van der Waals surface area contributed by atoms with Gasteiger partial charge in [-0.25, -0.2) is 0 Å². The Morgan fingerprint density at radius 1 is 1.40 bits per heavy atom. The predicted molar refractivity (Wildman–Crippen MR) is 61.3 cm³/mol. The quantitative estimate of drug-likeness (QED) is 0.521. The zero-order valence-corrected chi connectivity index (χ0v) is 9.22.